The Kier molecular flexibility index (Phi) is 4.21. The van der Waals surface area contributed by atoms with Crippen LogP contribution in [0.4, 0.5) is 15.8 Å². The molecule has 9 heteroatoms. The van der Waals surface area contributed by atoms with Gasteiger partial charge in [-0.1, -0.05) is 11.3 Å². The molecule has 2 aromatic rings. The quantitative estimate of drug-likeness (QED) is 0.757. The lowest BCUT2D eigenvalue weighted by atomic mass is 10.1. The highest BCUT2D eigenvalue weighted by Gasteiger charge is 2.55. The minimum Gasteiger partial charge on any atom is -0.493 e. The van der Waals surface area contributed by atoms with Crippen molar-refractivity contribution in [1.82, 2.24) is 0 Å². The Hall–Kier alpha value is -3.49. The van der Waals surface area contributed by atoms with E-state index >= 15 is 0 Å². The number of ether oxygens (including phenoxy) is 2. The largest absolute Gasteiger partial charge is 0.493 e. The second-order valence-corrected chi connectivity index (χ2v) is 6.42. The molecule has 8 nitrogen and oxygen atoms in total. The molecule has 1 fully saturated rings. The topological polar surface area (TPSA) is 83.8 Å². The fourth-order valence-corrected chi connectivity index (χ4v) is 3.32. The highest BCUT2D eigenvalue weighted by molar-refractivity contribution is 6.26. The van der Waals surface area contributed by atoms with Gasteiger partial charge in [-0.15, -0.1) is 0 Å². The van der Waals surface area contributed by atoms with Gasteiger partial charge in [-0.25, -0.2) is 14.3 Å². The zero-order valence-electron chi connectivity index (χ0n) is 15.4. The first-order chi connectivity index (χ1) is 13.5. The number of aryl methyl sites for hydroxylation is 1. The number of carbonyl (C=O) groups is 2. The summed E-state index contributed by atoms with van der Waals surface area (Å²) in [5.74, 6) is -0.558. The van der Waals surface area contributed by atoms with Crippen LogP contribution in [0.5, 0.6) is 11.5 Å². The van der Waals surface area contributed by atoms with Crippen LogP contribution in [0.2, 0.25) is 0 Å². The molecule has 0 spiro atoms. The van der Waals surface area contributed by atoms with Crippen LogP contribution in [0.1, 0.15) is 5.56 Å². The van der Waals surface area contributed by atoms with E-state index < -0.39 is 29.7 Å². The van der Waals surface area contributed by atoms with Gasteiger partial charge in [0, 0.05) is 6.07 Å². The van der Waals surface area contributed by atoms with Crippen molar-refractivity contribution in [3.63, 3.8) is 0 Å². The van der Waals surface area contributed by atoms with Crippen molar-refractivity contribution in [2.24, 2.45) is 10.3 Å². The second-order valence-electron chi connectivity index (χ2n) is 6.42. The number of hydrogen-bond donors (Lipinski definition) is 0. The summed E-state index contributed by atoms with van der Waals surface area (Å²) in [5.41, 5.74) is 1.17. The van der Waals surface area contributed by atoms with E-state index in [1.807, 2.05) is 0 Å². The summed E-state index contributed by atoms with van der Waals surface area (Å²) in [4.78, 5) is 26.9. The van der Waals surface area contributed by atoms with E-state index in [1.165, 1.54) is 25.3 Å². The van der Waals surface area contributed by atoms with Gasteiger partial charge in [0.2, 0.25) is 0 Å². The molecule has 0 aromatic heterocycles. The summed E-state index contributed by atoms with van der Waals surface area (Å²) in [6, 6.07) is 7.30. The van der Waals surface area contributed by atoms with Crippen LogP contribution < -0.4 is 19.4 Å². The van der Waals surface area contributed by atoms with E-state index in [0.717, 1.165) is 4.90 Å². The summed E-state index contributed by atoms with van der Waals surface area (Å²) in [6.45, 7) is 1.64. The smallest absolute Gasteiger partial charge is 0.263 e. The third-order valence-corrected chi connectivity index (χ3v) is 4.83. The minimum atomic E-state index is -0.982. The predicted molar refractivity (Wildman–Crippen MR) is 98.1 cm³/mol. The molecule has 144 valence electrons. The third kappa shape index (κ3) is 2.58. The van der Waals surface area contributed by atoms with Crippen LogP contribution >= 0.6 is 0 Å². The molecule has 0 radical (unpaired) electrons. The molecule has 2 heterocycles. The lowest BCUT2D eigenvalue weighted by molar-refractivity contribution is -0.121. The Morgan fingerprint density at radius 1 is 0.964 bits per heavy atom. The number of rotatable bonds is 4. The minimum absolute atomic E-state index is 0.340. The van der Waals surface area contributed by atoms with Crippen LogP contribution in [0.15, 0.2) is 46.7 Å². The maximum absolute atomic E-state index is 14.0. The standard InChI is InChI=1S/C19H17FN4O4/c1-10-4-5-12(8-13(10)20)24-17-16(21-22-24)18(25)23(19(17)26)11-6-7-14(27-2)15(9-11)28-3/h4-9,16-17H,1-3H3/t16-,17+/m1/s1. The average Bonchev–Trinajstić information content (AvgIpc) is 3.24. The number of methoxy groups -OCH3 is 2. The Morgan fingerprint density at radius 2 is 1.68 bits per heavy atom. The zero-order valence-corrected chi connectivity index (χ0v) is 15.4. The van der Waals surface area contributed by atoms with Crippen molar-refractivity contribution in [2.45, 2.75) is 19.0 Å². The van der Waals surface area contributed by atoms with E-state index in [0.29, 0.717) is 28.4 Å². The maximum atomic E-state index is 14.0. The van der Waals surface area contributed by atoms with Crippen molar-refractivity contribution in [3.8, 4) is 11.5 Å². The number of anilines is 2. The maximum Gasteiger partial charge on any atom is 0.263 e. The monoisotopic (exact) mass is 384 g/mol. The molecule has 2 aliphatic heterocycles. The molecule has 28 heavy (non-hydrogen) atoms. The van der Waals surface area contributed by atoms with Crippen LogP contribution in [-0.2, 0) is 9.59 Å². The van der Waals surface area contributed by atoms with Gasteiger partial charge in [0.1, 0.15) is 5.82 Å². The van der Waals surface area contributed by atoms with Gasteiger partial charge in [-0.3, -0.25) is 9.59 Å². The molecule has 2 aromatic carbocycles. The Bertz CT molecular complexity index is 1010. The highest BCUT2D eigenvalue weighted by Crippen LogP contribution is 2.38. The predicted octanol–water partition coefficient (Wildman–Crippen LogP) is 2.65. The number of nitrogens with zero attached hydrogens (tertiary/aromatic N) is 4. The number of carbonyl (C=O) groups excluding carboxylic acids is 2. The van der Waals surface area contributed by atoms with Gasteiger partial charge in [0.15, 0.2) is 23.6 Å². The lowest BCUT2D eigenvalue weighted by Gasteiger charge is -2.21. The van der Waals surface area contributed by atoms with Gasteiger partial charge in [0.05, 0.1) is 25.6 Å². The van der Waals surface area contributed by atoms with E-state index in [9.17, 15) is 14.0 Å². The summed E-state index contributed by atoms with van der Waals surface area (Å²) < 4.78 is 24.4. The molecule has 2 amide bonds. The van der Waals surface area contributed by atoms with Crippen molar-refractivity contribution in [1.29, 1.82) is 0 Å². The van der Waals surface area contributed by atoms with Gasteiger partial charge in [-0.05, 0) is 36.8 Å². The van der Waals surface area contributed by atoms with Gasteiger partial charge >= 0.3 is 0 Å². The molecule has 2 aliphatic rings. The average molecular weight is 384 g/mol. The SMILES string of the molecule is COc1ccc(N2C(=O)[C@@H]3[C@@H](N=NN3c3ccc(C)c(F)c3)C2=O)cc1OC. The van der Waals surface area contributed by atoms with Crippen LogP contribution in [0, 0.1) is 12.7 Å². The Labute approximate surface area is 160 Å². The number of benzene rings is 2. The van der Waals surface area contributed by atoms with Gasteiger partial charge in [0.25, 0.3) is 11.8 Å². The first kappa shape index (κ1) is 17.9. The van der Waals surface area contributed by atoms with E-state index in [2.05, 4.69) is 10.3 Å². The van der Waals surface area contributed by atoms with E-state index in [-0.39, 0.29) is 0 Å². The molecule has 0 N–H and O–H groups in total. The Balaban J connectivity index is 1.69. The summed E-state index contributed by atoms with van der Waals surface area (Å²) in [5, 5.41) is 9.17. The molecule has 2 atom stereocenters. The number of fused-ring (bicyclic) bond motifs is 1. The molecule has 0 unspecified atom stereocenters. The summed E-state index contributed by atoms with van der Waals surface area (Å²) in [6.07, 6.45) is 0. The Morgan fingerprint density at radius 3 is 2.36 bits per heavy atom. The number of amides is 2. The molecule has 4 rings (SSSR count). The van der Waals surface area contributed by atoms with Crippen molar-refractivity contribution < 1.29 is 23.5 Å². The highest BCUT2D eigenvalue weighted by atomic mass is 19.1. The van der Waals surface area contributed by atoms with Crippen molar-refractivity contribution in [3.05, 3.63) is 47.8 Å². The molecule has 0 aliphatic carbocycles. The van der Waals surface area contributed by atoms with Crippen LogP contribution in [-0.4, -0.2) is 38.1 Å². The number of hydrogen-bond acceptors (Lipinski definition) is 7. The van der Waals surface area contributed by atoms with Crippen molar-refractivity contribution in [2.75, 3.05) is 24.1 Å². The fraction of sp³-hybridized carbons (Fsp3) is 0.263. The number of halogens is 1. The van der Waals surface area contributed by atoms with Crippen LogP contribution in [0.3, 0.4) is 0 Å². The molecule has 0 bridgehead atoms. The third-order valence-electron chi connectivity index (χ3n) is 4.83. The van der Waals surface area contributed by atoms with Crippen molar-refractivity contribution >= 4 is 23.2 Å². The summed E-state index contributed by atoms with van der Waals surface area (Å²) in [7, 11) is 2.96. The molecule has 0 saturated carbocycles. The van der Waals surface area contributed by atoms with Gasteiger partial charge < -0.3 is 9.47 Å². The normalized spacial score (nSPS) is 20.7. The van der Waals surface area contributed by atoms with E-state index in [1.54, 1.807) is 37.3 Å². The molecule has 1 saturated heterocycles. The van der Waals surface area contributed by atoms with Crippen LogP contribution in [0.25, 0.3) is 0 Å². The van der Waals surface area contributed by atoms with E-state index in [4.69, 9.17) is 9.47 Å². The molecular weight excluding hydrogens is 367 g/mol. The first-order valence-corrected chi connectivity index (χ1v) is 8.52. The number of imide groups is 1. The van der Waals surface area contributed by atoms with Gasteiger partial charge in [-0.2, -0.15) is 5.11 Å². The zero-order chi connectivity index (χ0) is 20.0. The summed E-state index contributed by atoms with van der Waals surface area (Å²) >= 11 is 0. The lowest BCUT2D eigenvalue weighted by Crippen LogP contribution is -2.40. The molecular formula is C19H17FN4O4. The first-order valence-electron chi connectivity index (χ1n) is 8.52. The second kappa shape index (κ2) is 6.59. The fourth-order valence-electron chi connectivity index (χ4n) is 3.32.